The van der Waals surface area contributed by atoms with Gasteiger partial charge in [0, 0.05) is 24.0 Å². The molecule has 35 heavy (non-hydrogen) atoms. The van der Waals surface area contributed by atoms with E-state index in [0.717, 1.165) is 27.2 Å². The van der Waals surface area contributed by atoms with E-state index in [1.165, 1.54) is 17.7 Å². The van der Waals surface area contributed by atoms with Gasteiger partial charge in [-0.1, -0.05) is 12.1 Å². The van der Waals surface area contributed by atoms with Crippen molar-refractivity contribution in [1.82, 2.24) is 14.5 Å². The molecule has 180 valence electrons. The predicted octanol–water partition coefficient (Wildman–Crippen LogP) is 2.54. The highest BCUT2D eigenvalue weighted by atomic mass is 32.1. The van der Waals surface area contributed by atoms with Crippen molar-refractivity contribution in [3.8, 4) is 5.75 Å². The highest BCUT2D eigenvalue weighted by Crippen LogP contribution is 2.18. The van der Waals surface area contributed by atoms with Crippen LogP contribution in [0.1, 0.15) is 30.5 Å². The summed E-state index contributed by atoms with van der Waals surface area (Å²) in [4.78, 5) is 51.6. The number of nitrogens with one attached hydrogen (secondary N) is 1. The van der Waals surface area contributed by atoms with E-state index < -0.39 is 17.2 Å². The first-order valence-corrected chi connectivity index (χ1v) is 11.5. The molecule has 0 unspecified atom stereocenters. The van der Waals surface area contributed by atoms with Crippen LogP contribution in [-0.2, 0) is 24.9 Å². The Balaban J connectivity index is 1.62. The minimum absolute atomic E-state index is 0.00297. The minimum atomic E-state index is -0.513. The first kappa shape index (κ1) is 24.0. The summed E-state index contributed by atoms with van der Waals surface area (Å²) in [5, 5.41) is 3.08. The number of benzene rings is 2. The maximum absolute atomic E-state index is 13.2. The van der Waals surface area contributed by atoms with Crippen molar-refractivity contribution in [1.29, 1.82) is 0 Å². The Bertz CT molecular complexity index is 1530. The first-order valence-electron chi connectivity index (χ1n) is 10.6. The second-order valence-corrected chi connectivity index (χ2v) is 8.92. The van der Waals surface area contributed by atoms with Gasteiger partial charge in [0.25, 0.3) is 11.5 Å². The van der Waals surface area contributed by atoms with Gasteiger partial charge in [0.2, 0.25) is 0 Å². The Hall–Kier alpha value is -4.18. The van der Waals surface area contributed by atoms with E-state index in [9.17, 15) is 19.2 Å². The van der Waals surface area contributed by atoms with Crippen molar-refractivity contribution >= 4 is 34.1 Å². The molecular formula is C25H23N3O6S. The van der Waals surface area contributed by atoms with Crippen molar-refractivity contribution in [2.45, 2.75) is 13.1 Å². The molecule has 4 rings (SSSR count). The third-order valence-electron chi connectivity index (χ3n) is 5.59. The predicted molar refractivity (Wildman–Crippen MR) is 132 cm³/mol. The van der Waals surface area contributed by atoms with Crippen LogP contribution in [0.3, 0.4) is 0 Å². The van der Waals surface area contributed by atoms with Gasteiger partial charge in [0.05, 0.1) is 31.7 Å². The molecule has 0 radical (unpaired) electrons. The van der Waals surface area contributed by atoms with E-state index in [1.807, 2.05) is 24.3 Å². The molecule has 0 aliphatic rings. The third-order valence-corrected chi connectivity index (χ3v) is 6.64. The first-order chi connectivity index (χ1) is 16.8. The van der Waals surface area contributed by atoms with Crippen molar-refractivity contribution < 1.29 is 19.1 Å². The van der Waals surface area contributed by atoms with Crippen LogP contribution in [0, 0.1) is 0 Å². The molecule has 10 heteroatoms. The number of esters is 1. The molecule has 0 aliphatic carbocycles. The molecule has 0 aliphatic heterocycles. The lowest BCUT2D eigenvalue weighted by molar-refractivity contribution is 0.0606. The molecule has 4 aromatic rings. The Morgan fingerprint density at radius 1 is 1.00 bits per heavy atom. The van der Waals surface area contributed by atoms with Crippen LogP contribution in [0.2, 0.25) is 0 Å². The van der Waals surface area contributed by atoms with E-state index in [-0.39, 0.29) is 17.8 Å². The van der Waals surface area contributed by atoms with Crippen LogP contribution in [0.15, 0.2) is 64.2 Å². The maximum atomic E-state index is 13.2. The standard InChI is InChI=1S/C25H23N3O6S/c1-27-20-10-6-16(22(29)26-13-15-4-7-17(33-2)8-5-15)12-19(20)23(30)28(25(27)32)14-18-9-11-21(35-18)24(31)34-3/h4-12H,13-14H2,1-3H3,(H,26,29). The molecule has 1 amide bonds. The lowest BCUT2D eigenvalue weighted by Gasteiger charge is -2.12. The molecule has 0 saturated heterocycles. The summed E-state index contributed by atoms with van der Waals surface area (Å²) in [6.07, 6.45) is 0. The summed E-state index contributed by atoms with van der Waals surface area (Å²) in [7, 11) is 4.44. The number of carbonyl (C=O) groups is 2. The van der Waals surface area contributed by atoms with Crippen molar-refractivity contribution in [3.63, 3.8) is 0 Å². The molecule has 2 heterocycles. The Morgan fingerprint density at radius 2 is 1.74 bits per heavy atom. The number of ether oxygens (including phenoxy) is 2. The number of hydrogen-bond acceptors (Lipinski definition) is 7. The second kappa shape index (κ2) is 9.98. The van der Waals surface area contributed by atoms with Gasteiger partial charge in [-0.05, 0) is 48.0 Å². The average molecular weight is 494 g/mol. The zero-order valence-electron chi connectivity index (χ0n) is 19.4. The fourth-order valence-electron chi connectivity index (χ4n) is 3.65. The molecule has 0 fully saturated rings. The quantitative estimate of drug-likeness (QED) is 0.397. The number of aryl methyl sites for hydroxylation is 1. The van der Waals surface area contributed by atoms with E-state index in [4.69, 9.17) is 9.47 Å². The van der Waals surface area contributed by atoms with E-state index in [2.05, 4.69) is 5.32 Å². The van der Waals surface area contributed by atoms with Gasteiger partial charge in [0.1, 0.15) is 10.6 Å². The number of fused-ring (bicyclic) bond motifs is 1. The summed E-state index contributed by atoms with van der Waals surface area (Å²) >= 11 is 1.15. The number of carbonyl (C=O) groups excluding carboxylic acids is 2. The summed E-state index contributed by atoms with van der Waals surface area (Å²) < 4.78 is 12.3. The maximum Gasteiger partial charge on any atom is 0.348 e. The van der Waals surface area contributed by atoms with Crippen LogP contribution < -0.4 is 21.3 Å². The molecule has 2 aromatic heterocycles. The normalized spacial score (nSPS) is 10.8. The zero-order chi connectivity index (χ0) is 25.1. The molecule has 1 N–H and O–H groups in total. The van der Waals surface area contributed by atoms with Gasteiger partial charge >= 0.3 is 11.7 Å². The largest absolute Gasteiger partial charge is 0.497 e. The van der Waals surface area contributed by atoms with Crippen LogP contribution in [0.25, 0.3) is 10.9 Å². The number of methoxy groups -OCH3 is 2. The Morgan fingerprint density at radius 3 is 2.43 bits per heavy atom. The highest BCUT2D eigenvalue weighted by molar-refractivity contribution is 7.13. The minimum Gasteiger partial charge on any atom is -0.497 e. The van der Waals surface area contributed by atoms with E-state index in [0.29, 0.717) is 27.4 Å². The van der Waals surface area contributed by atoms with Gasteiger partial charge in [-0.25, -0.2) is 9.59 Å². The van der Waals surface area contributed by atoms with Crippen LogP contribution >= 0.6 is 11.3 Å². The van der Waals surface area contributed by atoms with Crippen molar-refractivity contribution in [3.05, 3.63) is 96.3 Å². The van der Waals surface area contributed by atoms with Crippen LogP contribution in [0.5, 0.6) is 5.75 Å². The summed E-state index contributed by atoms with van der Waals surface area (Å²) in [6, 6.07) is 15.2. The van der Waals surface area contributed by atoms with Crippen molar-refractivity contribution in [2.24, 2.45) is 7.05 Å². The number of amides is 1. The lowest BCUT2D eigenvalue weighted by atomic mass is 10.1. The number of hydrogen-bond donors (Lipinski definition) is 1. The number of nitrogens with zero attached hydrogens (tertiary/aromatic N) is 2. The SMILES string of the molecule is COC(=O)c1ccc(Cn2c(=O)c3cc(C(=O)NCc4ccc(OC)cc4)ccc3n(C)c2=O)s1. The number of thiophene rings is 1. The molecular weight excluding hydrogens is 470 g/mol. The number of rotatable bonds is 7. The van der Waals surface area contributed by atoms with Gasteiger partial charge in [-0.2, -0.15) is 0 Å². The summed E-state index contributed by atoms with van der Waals surface area (Å²) in [5.74, 6) is -0.102. The number of aromatic nitrogens is 2. The molecule has 0 saturated carbocycles. The second-order valence-electron chi connectivity index (χ2n) is 7.75. The average Bonchev–Trinajstić information content (AvgIpc) is 3.36. The van der Waals surface area contributed by atoms with Gasteiger partial charge in [-0.15, -0.1) is 11.3 Å². The molecule has 2 aromatic carbocycles. The zero-order valence-corrected chi connectivity index (χ0v) is 20.2. The molecule has 9 nitrogen and oxygen atoms in total. The van der Waals surface area contributed by atoms with Gasteiger partial charge < -0.3 is 14.8 Å². The smallest absolute Gasteiger partial charge is 0.348 e. The van der Waals surface area contributed by atoms with Crippen LogP contribution in [0.4, 0.5) is 0 Å². The van der Waals surface area contributed by atoms with Gasteiger partial charge in [-0.3, -0.25) is 18.7 Å². The van der Waals surface area contributed by atoms with E-state index >= 15 is 0 Å². The van der Waals surface area contributed by atoms with Gasteiger partial charge in [0.15, 0.2) is 0 Å². The Kier molecular flexibility index (Phi) is 6.83. The van der Waals surface area contributed by atoms with E-state index in [1.54, 1.807) is 38.4 Å². The van der Waals surface area contributed by atoms with Crippen LogP contribution in [-0.4, -0.2) is 35.2 Å². The highest BCUT2D eigenvalue weighted by Gasteiger charge is 2.16. The molecule has 0 atom stereocenters. The lowest BCUT2D eigenvalue weighted by Crippen LogP contribution is -2.39. The fourth-order valence-corrected chi connectivity index (χ4v) is 4.57. The molecule has 0 spiro atoms. The summed E-state index contributed by atoms with van der Waals surface area (Å²) in [6.45, 7) is 0.302. The molecule has 0 bridgehead atoms. The van der Waals surface area contributed by atoms with Crippen molar-refractivity contribution in [2.75, 3.05) is 14.2 Å². The third kappa shape index (κ3) is 4.87. The Labute approximate surface area is 204 Å². The monoisotopic (exact) mass is 493 g/mol. The fraction of sp³-hybridized carbons (Fsp3) is 0.200. The summed E-state index contributed by atoms with van der Waals surface area (Å²) in [5.41, 5.74) is 0.613. The topological polar surface area (TPSA) is 109 Å².